The maximum atomic E-state index is 13.6. The molecule has 0 atom stereocenters. The first-order chi connectivity index (χ1) is 10.2. The van der Waals surface area contributed by atoms with E-state index >= 15 is 0 Å². The number of aromatic nitrogens is 2. The zero-order valence-corrected chi connectivity index (χ0v) is 12.6. The van der Waals surface area contributed by atoms with Gasteiger partial charge in [-0.2, -0.15) is 0 Å². The van der Waals surface area contributed by atoms with E-state index in [0.717, 1.165) is 36.9 Å². The lowest BCUT2D eigenvalue weighted by Crippen LogP contribution is -2.08. The zero-order valence-electron chi connectivity index (χ0n) is 11.8. The van der Waals surface area contributed by atoms with Crippen molar-refractivity contribution < 1.29 is 4.39 Å². The third-order valence-electron chi connectivity index (χ3n) is 3.70. The van der Waals surface area contributed by atoms with Crippen LogP contribution < -0.4 is 5.73 Å². The number of rotatable bonds is 3. The fraction of sp³-hybridized carbons (Fsp3) is 0.375. The van der Waals surface area contributed by atoms with E-state index in [0.29, 0.717) is 22.3 Å². The van der Waals surface area contributed by atoms with E-state index in [1.54, 1.807) is 12.1 Å². The van der Waals surface area contributed by atoms with E-state index in [9.17, 15) is 4.39 Å². The number of aryl methyl sites for hydroxylation is 1. The van der Waals surface area contributed by atoms with Gasteiger partial charge in [-0.25, -0.2) is 14.4 Å². The van der Waals surface area contributed by atoms with Gasteiger partial charge in [0.05, 0.1) is 5.75 Å². The van der Waals surface area contributed by atoms with Gasteiger partial charge in [-0.15, -0.1) is 11.8 Å². The summed E-state index contributed by atoms with van der Waals surface area (Å²) in [4.78, 5) is 9.66. The molecule has 1 aliphatic carbocycles. The Morgan fingerprint density at radius 1 is 1.10 bits per heavy atom. The van der Waals surface area contributed by atoms with E-state index in [4.69, 9.17) is 5.73 Å². The van der Waals surface area contributed by atoms with Crippen LogP contribution >= 0.6 is 11.8 Å². The van der Waals surface area contributed by atoms with Crippen molar-refractivity contribution in [2.24, 2.45) is 0 Å². The van der Waals surface area contributed by atoms with Crippen molar-refractivity contribution in [3.63, 3.8) is 0 Å². The van der Waals surface area contributed by atoms with Crippen LogP contribution in [-0.2, 0) is 18.6 Å². The number of thioether (sulfide) groups is 1. The number of hydrogen-bond donors (Lipinski definition) is 1. The van der Waals surface area contributed by atoms with Gasteiger partial charge in [0.15, 0.2) is 0 Å². The molecule has 0 amide bonds. The summed E-state index contributed by atoms with van der Waals surface area (Å²) in [6.45, 7) is 0. The van der Waals surface area contributed by atoms with Crippen LogP contribution in [0.5, 0.6) is 0 Å². The van der Waals surface area contributed by atoms with Gasteiger partial charge in [-0.3, -0.25) is 0 Å². The van der Waals surface area contributed by atoms with Crippen LogP contribution in [-0.4, -0.2) is 9.97 Å². The van der Waals surface area contributed by atoms with E-state index in [2.05, 4.69) is 9.97 Å². The third-order valence-corrected chi connectivity index (χ3v) is 4.75. The molecule has 3 nitrogen and oxygen atoms in total. The first kappa shape index (κ1) is 14.3. The molecule has 1 aromatic carbocycles. The average Bonchev–Trinajstić information content (AvgIpc) is 2.72. The normalized spacial score (nSPS) is 14.5. The minimum Gasteiger partial charge on any atom is -0.383 e. The Labute approximate surface area is 128 Å². The van der Waals surface area contributed by atoms with E-state index < -0.39 is 0 Å². The number of nitrogens with zero attached hydrogens (tertiary/aromatic N) is 2. The summed E-state index contributed by atoms with van der Waals surface area (Å²) in [6.07, 6.45) is 5.48. The molecule has 1 aliphatic rings. The summed E-state index contributed by atoms with van der Waals surface area (Å²) in [7, 11) is 0. The van der Waals surface area contributed by atoms with Gasteiger partial charge in [0.2, 0.25) is 0 Å². The zero-order chi connectivity index (χ0) is 14.7. The fourth-order valence-electron chi connectivity index (χ4n) is 2.62. The average molecular weight is 303 g/mol. The van der Waals surface area contributed by atoms with Crippen LogP contribution in [0, 0.1) is 5.82 Å². The van der Waals surface area contributed by atoms with Gasteiger partial charge < -0.3 is 5.73 Å². The minimum absolute atomic E-state index is 0.203. The van der Waals surface area contributed by atoms with Gasteiger partial charge in [-0.1, -0.05) is 18.6 Å². The molecule has 0 fully saturated rings. The standard InChI is InChI=1S/C16H18FN3S/c17-12-7-4-5-9-14(12)21-10-15-19-13-8-3-1-2-6-11(13)16(18)20-15/h4-5,7,9H,1-3,6,8,10H2,(H2,18,19,20). The number of hydrogen-bond acceptors (Lipinski definition) is 4. The van der Waals surface area contributed by atoms with Crippen LogP contribution in [0.3, 0.4) is 0 Å². The lowest BCUT2D eigenvalue weighted by Gasteiger charge is -2.10. The first-order valence-electron chi connectivity index (χ1n) is 7.25. The predicted octanol–water partition coefficient (Wildman–Crippen LogP) is 3.76. The molecule has 0 saturated carbocycles. The van der Waals surface area contributed by atoms with Crippen molar-refractivity contribution in [3.05, 3.63) is 47.2 Å². The maximum Gasteiger partial charge on any atom is 0.141 e. The smallest absolute Gasteiger partial charge is 0.141 e. The van der Waals surface area contributed by atoms with Crippen molar-refractivity contribution in [1.82, 2.24) is 9.97 Å². The Hall–Kier alpha value is -1.62. The molecule has 0 aliphatic heterocycles. The van der Waals surface area contributed by atoms with E-state index in [1.165, 1.54) is 24.2 Å². The molecular weight excluding hydrogens is 285 g/mol. The number of nitrogens with two attached hydrogens (primary N) is 1. The highest BCUT2D eigenvalue weighted by atomic mass is 32.2. The number of anilines is 1. The second-order valence-corrected chi connectivity index (χ2v) is 6.25. The molecule has 3 rings (SSSR count). The Kier molecular flexibility index (Phi) is 4.39. The fourth-order valence-corrected chi connectivity index (χ4v) is 3.42. The third kappa shape index (κ3) is 3.35. The Morgan fingerprint density at radius 2 is 1.90 bits per heavy atom. The summed E-state index contributed by atoms with van der Waals surface area (Å²) in [6, 6.07) is 6.76. The van der Waals surface area contributed by atoms with Gasteiger partial charge in [0.25, 0.3) is 0 Å². The molecule has 1 aromatic heterocycles. The lowest BCUT2D eigenvalue weighted by atomic mass is 10.1. The van der Waals surface area contributed by atoms with Crippen LogP contribution in [0.25, 0.3) is 0 Å². The predicted molar refractivity (Wildman–Crippen MR) is 83.7 cm³/mol. The van der Waals surface area contributed by atoms with Crippen molar-refractivity contribution in [2.45, 2.75) is 42.8 Å². The molecule has 0 spiro atoms. The maximum absolute atomic E-state index is 13.6. The summed E-state index contributed by atoms with van der Waals surface area (Å²) in [5.74, 6) is 1.64. The first-order valence-corrected chi connectivity index (χ1v) is 8.24. The van der Waals surface area contributed by atoms with Crippen molar-refractivity contribution in [3.8, 4) is 0 Å². The largest absolute Gasteiger partial charge is 0.383 e. The molecule has 110 valence electrons. The topological polar surface area (TPSA) is 51.8 Å². The number of fused-ring (bicyclic) bond motifs is 1. The molecule has 2 aromatic rings. The van der Waals surface area contributed by atoms with Gasteiger partial charge >= 0.3 is 0 Å². The molecule has 2 N–H and O–H groups in total. The van der Waals surface area contributed by atoms with Crippen LogP contribution in [0.15, 0.2) is 29.2 Å². The molecule has 5 heteroatoms. The van der Waals surface area contributed by atoms with Gasteiger partial charge in [-0.05, 0) is 37.8 Å². The van der Waals surface area contributed by atoms with Crippen LogP contribution in [0.1, 0.15) is 36.3 Å². The van der Waals surface area contributed by atoms with Gasteiger partial charge in [0, 0.05) is 16.2 Å². The van der Waals surface area contributed by atoms with E-state index in [1.807, 2.05) is 6.07 Å². The molecule has 0 radical (unpaired) electrons. The minimum atomic E-state index is -0.203. The SMILES string of the molecule is Nc1nc(CSc2ccccc2F)nc2c1CCCCC2. The molecule has 1 heterocycles. The van der Waals surface area contributed by atoms with Crippen LogP contribution in [0.4, 0.5) is 10.2 Å². The Balaban J connectivity index is 1.79. The lowest BCUT2D eigenvalue weighted by molar-refractivity contribution is 0.602. The highest BCUT2D eigenvalue weighted by Gasteiger charge is 2.15. The number of halogens is 1. The Morgan fingerprint density at radius 3 is 2.76 bits per heavy atom. The second kappa shape index (κ2) is 6.43. The Bertz CT molecular complexity index is 645. The molecule has 0 bridgehead atoms. The summed E-state index contributed by atoms with van der Waals surface area (Å²) in [5.41, 5.74) is 8.28. The van der Waals surface area contributed by atoms with Crippen LogP contribution in [0.2, 0.25) is 0 Å². The molecule has 0 saturated heterocycles. The summed E-state index contributed by atoms with van der Waals surface area (Å²) < 4.78 is 13.6. The van der Waals surface area contributed by atoms with Gasteiger partial charge in [0.1, 0.15) is 17.5 Å². The molecular formula is C16H18FN3S. The van der Waals surface area contributed by atoms with E-state index in [-0.39, 0.29) is 5.82 Å². The second-order valence-electron chi connectivity index (χ2n) is 5.23. The summed E-state index contributed by atoms with van der Waals surface area (Å²) >= 11 is 1.41. The van der Waals surface area contributed by atoms with Crippen molar-refractivity contribution in [1.29, 1.82) is 0 Å². The number of benzene rings is 1. The van der Waals surface area contributed by atoms with Crippen molar-refractivity contribution in [2.75, 3.05) is 5.73 Å². The molecule has 0 unspecified atom stereocenters. The number of nitrogen functional groups attached to an aromatic ring is 1. The summed E-state index contributed by atoms with van der Waals surface area (Å²) in [5, 5.41) is 0. The highest BCUT2D eigenvalue weighted by Crippen LogP contribution is 2.27. The quantitative estimate of drug-likeness (QED) is 0.693. The van der Waals surface area contributed by atoms with Crippen molar-refractivity contribution >= 4 is 17.6 Å². The monoisotopic (exact) mass is 303 g/mol. The molecule has 21 heavy (non-hydrogen) atoms. The highest BCUT2D eigenvalue weighted by molar-refractivity contribution is 7.98.